The van der Waals surface area contributed by atoms with Gasteiger partial charge < -0.3 is 14.8 Å². The molecule has 0 aliphatic carbocycles. The average molecular weight is 553 g/mol. The number of fused-ring (bicyclic) bond motifs is 1. The van der Waals surface area contributed by atoms with Gasteiger partial charge in [-0.1, -0.05) is 68.8 Å². The quantitative estimate of drug-likeness (QED) is 0.270. The van der Waals surface area contributed by atoms with Crippen molar-refractivity contribution in [3.05, 3.63) is 89.2 Å². The van der Waals surface area contributed by atoms with Gasteiger partial charge in [-0.05, 0) is 41.3 Å². The molecule has 1 aliphatic heterocycles. The van der Waals surface area contributed by atoms with Gasteiger partial charge in [-0.3, -0.25) is 9.59 Å². The zero-order chi connectivity index (χ0) is 29.1. The fourth-order valence-corrected chi connectivity index (χ4v) is 5.28. The fourth-order valence-electron chi connectivity index (χ4n) is 5.28. The Balaban J connectivity index is 1.48. The van der Waals surface area contributed by atoms with Crippen LogP contribution in [0, 0.1) is 5.92 Å². The highest BCUT2D eigenvalue weighted by Gasteiger charge is 2.29. The summed E-state index contributed by atoms with van der Waals surface area (Å²) in [5.74, 6) is -1.53. The first-order valence-corrected chi connectivity index (χ1v) is 13.8. The highest BCUT2D eigenvalue weighted by Crippen LogP contribution is 2.27. The van der Waals surface area contributed by atoms with Crippen molar-refractivity contribution < 1.29 is 24.6 Å². The van der Waals surface area contributed by atoms with Gasteiger partial charge in [0.2, 0.25) is 5.91 Å². The standard InChI is InChI=1S/C32H32N4O5/c1-3-4-9-28-33-26-17-23(31-20(2)16-29(37)36(34-31)19-30(38)39)14-15-27(26)35(28)18-21-10-12-22(13-11-21)24-7-5-6-8-25(24)32(40)41/h5-8,10-15,17,20H,3-4,9,16,18-19H2,1-2H3,(H,38,39)(H,40,41). The molecule has 0 saturated carbocycles. The van der Waals surface area contributed by atoms with Crippen molar-refractivity contribution >= 4 is 34.6 Å². The second kappa shape index (κ2) is 11.8. The molecule has 9 nitrogen and oxygen atoms in total. The average Bonchev–Trinajstić information content (AvgIpc) is 3.29. The largest absolute Gasteiger partial charge is 0.480 e. The van der Waals surface area contributed by atoms with Gasteiger partial charge in [0, 0.05) is 30.9 Å². The molecule has 0 bridgehead atoms. The maximum atomic E-state index is 12.3. The van der Waals surface area contributed by atoms with E-state index in [0.717, 1.165) is 57.8 Å². The molecule has 5 rings (SSSR count). The van der Waals surface area contributed by atoms with Crippen LogP contribution in [0.5, 0.6) is 0 Å². The number of hydrazone groups is 1. The van der Waals surface area contributed by atoms with E-state index in [2.05, 4.69) is 16.6 Å². The molecule has 2 N–H and O–H groups in total. The van der Waals surface area contributed by atoms with E-state index in [1.165, 1.54) is 0 Å². The number of nitrogens with zero attached hydrogens (tertiary/aromatic N) is 4. The first-order valence-electron chi connectivity index (χ1n) is 13.8. The molecule has 1 aliphatic rings. The molecule has 210 valence electrons. The lowest BCUT2D eigenvalue weighted by Crippen LogP contribution is -2.39. The van der Waals surface area contributed by atoms with Crippen molar-refractivity contribution in [1.82, 2.24) is 14.6 Å². The second-order valence-corrected chi connectivity index (χ2v) is 10.4. The van der Waals surface area contributed by atoms with E-state index in [0.29, 0.717) is 17.8 Å². The van der Waals surface area contributed by atoms with Gasteiger partial charge in [-0.25, -0.2) is 14.8 Å². The Morgan fingerprint density at radius 3 is 2.44 bits per heavy atom. The van der Waals surface area contributed by atoms with Gasteiger partial charge in [-0.2, -0.15) is 5.10 Å². The molecular formula is C32H32N4O5. The molecule has 1 unspecified atom stereocenters. The van der Waals surface area contributed by atoms with Gasteiger partial charge in [0.1, 0.15) is 12.4 Å². The lowest BCUT2D eigenvalue weighted by molar-refractivity contribution is -0.145. The van der Waals surface area contributed by atoms with Crippen molar-refractivity contribution in [2.45, 2.75) is 46.1 Å². The lowest BCUT2D eigenvalue weighted by atomic mass is 9.93. The van der Waals surface area contributed by atoms with Gasteiger partial charge in [0.25, 0.3) is 0 Å². The molecule has 1 amide bonds. The number of carbonyl (C=O) groups is 3. The molecule has 3 aromatic carbocycles. The Morgan fingerprint density at radius 1 is 1.00 bits per heavy atom. The lowest BCUT2D eigenvalue weighted by Gasteiger charge is -2.26. The van der Waals surface area contributed by atoms with Crippen LogP contribution in [0.1, 0.15) is 60.4 Å². The third kappa shape index (κ3) is 5.89. The van der Waals surface area contributed by atoms with Gasteiger partial charge in [0.05, 0.1) is 22.3 Å². The Kier molecular flexibility index (Phi) is 7.96. The maximum Gasteiger partial charge on any atom is 0.336 e. The van der Waals surface area contributed by atoms with Crippen molar-refractivity contribution in [3.8, 4) is 11.1 Å². The molecule has 1 atom stereocenters. The van der Waals surface area contributed by atoms with E-state index >= 15 is 0 Å². The molecule has 0 saturated heterocycles. The first kappa shape index (κ1) is 27.8. The number of benzene rings is 3. The number of aromatic carboxylic acids is 1. The van der Waals surface area contributed by atoms with Crippen LogP contribution in [0.2, 0.25) is 0 Å². The number of aromatic nitrogens is 2. The summed E-state index contributed by atoms with van der Waals surface area (Å²) in [4.78, 5) is 40.2. The summed E-state index contributed by atoms with van der Waals surface area (Å²) in [5, 5.41) is 24.2. The fraction of sp³-hybridized carbons (Fsp3) is 0.281. The minimum atomic E-state index is -1.11. The van der Waals surface area contributed by atoms with Crippen LogP contribution in [-0.4, -0.2) is 54.9 Å². The van der Waals surface area contributed by atoms with E-state index in [-0.39, 0.29) is 23.8 Å². The number of carbonyl (C=O) groups excluding carboxylic acids is 1. The number of unbranched alkanes of at least 4 members (excludes halogenated alkanes) is 1. The first-order chi connectivity index (χ1) is 19.7. The van der Waals surface area contributed by atoms with Crippen molar-refractivity contribution in [2.75, 3.05) is 6.54 Å². The molecular weight excluding hydrogens is 520 g/mol. The number of rotatable bonds is 10. The number of aryl methyl sites for hydroxylation is 1. The van der Waals surface area contributed by atoms with Crippen LogP contribution in [0.3, 0.4) is 0 Å². The van der Waals surface area contributed by atoms with E-state index in [9.17, 15) is 24.6 Å². The third-order valence-corrected chi connectivity index (χ3v) is 7.39. The number of hydrogen-bond donors (Lipinski definition) is 2. The monoisotopic (exact) mass is 552 g/mol. The molecule has 9 heteroatoms. The Bertz CT molecular complexity index is 1650. The molecule has 4 aromatic rings. The topological polar surface area (TPSA) is 125 Å². The molecule has 0 spiro atoms. The maximum absolute atomic E-state index is 12.3. The third-order valence-electron chi connectivity index (χ3n) is 7.39. The van der Waals surface area contributed by atoms with E-state index in [1.807, 2.05) is 61.5 Å². The summed E-state index contributed by atoms with van der Waals surface area (Å²) in [5.41, 5.74) is 6.15. The molecule has 1 aromatic heterocycles. The summed E-state index contributed by atoms with van der Waals surface area (Å²) in [6, 6.07) is 20.9. The van der Waals surface area contributed by atoms with Crippen LogP contribution >= 0.6 is 0 Å². The Morgan fingerprint density at radius 2 is 1.73 bits per heavy atom. The molecule has 41 heavy (non-hydrogen) atoms. The van der Waals surface area contributed by atoms with E-state index < -0.39 is 18.5 Å². The summed E-state index contributed by atoms with van der Waals surface area (Å²) >= 11 is 0. The van der Waals surface area contributed by atoms with Gasteiger partial charge >= 0.3 is 11.9 Å². The highest BCUT2D eigenvalue weighted by atomic mass is 16.4. The van der Waals surface area contributed by atoms with Gasteiger partial charge in [0.15, 0.2) is 0 Å². The zero-order valence-corrected chi connectivity index (χ0v) is 23.1. The normalized spacial score (nSPS) is 15.3. The van der Waals surface area contributed by atoms with Crippen LogP contribution in [0.15, 0.2) is 71.8 Å². The summed E-state index contributed by atoms with van der Waals surface area (Å²) < 4.78 is 2.21. The molecule has 0 radical (unpaired) electrons. The predicted octanol–water partition coefficient (Wildman–Crippen LogP) is 5.45. The number of aliphatic carboxylic acids is 1. The number of carboxylic acids is 2. The minimum Gasteiger partial charge on any atom is -0.480 e. The molecule has 2 heterocycles. The zero-order valence-electron chi connectivity index (χ0n) is 23.1. The van der Waals surface area contributed by atoms with E-state index in [4.69, 9.17) is 4.98 Å². The Hall–Kier alpha value is -4.79. The number of hydrogen-bond acceptors (Lipinski definition) is 5. The number of imidazole rings is 1. The van der Waals surface area contributed by atoms with Gasteiger partial charge in [-0.15, -0.1) is 0 Å². The summed E-state index contributed by atoms with van der Waals surface area (Å²) in [7, 11) is 0. The SMILES string of the molecule is CCCCc1nc2cc(C3=NN(CC(=O)O)C(=O)CC3C)ccc2n1Cc1ccc(-c2ccccc2C(=O)O)cc1. The van der Waals surface area contributed by atoms with Crippen LogP contribution in [0.4, 0.5) is 0 Å². The smallest absolute Gasteiger partial charge is 0.336 e. The summed E-state index contributed by atoms with van der Waals surface area (Å²) in [6.07, 6.45) is 3.06. The molecule has 0 fully saturated rings. The highest BCUT2D eigenvalue weighted by molar-refractivity contribution is 6.07. The van der Waals surface area contributed by atoms with Crippen LogP contribution in [0.25, 0.3) is 22.2 Å². The second-order valence-electron chi connectivity index (χ2n) is 10.4. The van der Waals surface area contributed by atoms with Crippen molar-refractivity contribution in [2.24, 2.45) is 11.0 Å². The summed E-state index contributed by atoms with van der Waals surface area (Å²) in [6.45, 7) is 4.20. The predicted molar refractivity (Wildman–Crippen MR) is 156 cm³/mol. The number of amides is 1. The number of carboxylic acid groups (broad SMARTS) is 2. The Labute approximate surface area is 237 Å². The van der Waals surface area contributed by atoms with Crippen molar-refractivity contribution in [1.29, 1.82) is 0 Å². The van der Waals surface area contributed by atoms with E-state index in [1.54, 1.807) is 12.1 Å². The van der Waals surface area contributed by atoms with Crippen molar-refractivity contribution in [3.63, 3.8) is 0 Å². The minimum absolute atomic E-state index is 0.142. The van der Waals surface area contributed by atoms with Crippen LogP contribution in [-0.2, 0) is 22.6 Å². The van der Waals surface area contributed by atoms with Crippen LogP contribution < -0.4 is 0 Å².